The van der Waals surface area contributed by atoms with E-state index in [0.717, 1.165) is 26.1 Å². The maximum atomic E-state index is 12.0. The maximum Gasteiger partial charge on any atom is 0.233 e. The quantitative estimate of drug-likeness (QED) is 0.802. The zero-order valence-corrected chi connectivity index (χ0v) is 11.5. The van der Waals surface area contributed by atoms with Crippen molar-refractivity contribution >= 4 is 17.7 Å². The van der Waals surface area contributed by atoms with E-state index in [2.05, 4.69) is 17.4 Å². The largest absolute Gasteiger partial charge is 0.382 e. The third-order valence-corrected chi connectivity index (χ3v) is 4.23. The van der Waals surface area contributed by atoms with Gasteiger partial charge in [-0.25, -0.2) is 0 Å². The zero-order chi connectivity index (χ0) is 12.8. The van der Waals surface area contributed by atoms with Crippen LogP contribution in [0.4, 0.5) is 0 Å². The van der Waals surface area contributed by atoms with Crippen LogP contribution in [-0.2, 0) is 16.0 Å². The summed E-state index contributed by atoms with van der Waals surface area (Å²) in [4.78, 5) is 13.2. The highest BCUT2D eigenvalue weighted by Gasteiger charge is 2.27. The number of carbonyl (C=O) groups excluding carboxylic acids is 1. The molecule has 0 fully saturated rings. The molecule has 18 heavy (non-hydrogen) atoms. The van der Waals surface area contributed by atoms with Gasteiger partial charge in [0.15, 0.2) is 0 Å². The van der Waals surface area contributed by atoms with Crippen molar-refractivity contribution in [2.24, 2.45) is 0 Å². The molecule has 0 spiro atoms. The van der Waals surface area contributed by atoms with E-state index < -0.39 is 0 Å². The third kappa shape index (κ3) is 3.50. The van der Waals surface area contributed by atoms with E-state index in [1.54, 1.807) is 11.8 Å². The molecule has 0 radical (unpaired) electrons. The number of amides is 1. The molecule has 1 aromatic carbocycles. The van der Waals surface area contributed by atoms with Gasteiger partial charge in [-0.1, -0.05) is 18.2 Å². The fourth-order valence-corrected chi connectivity index (χ4v) is 3.19. The predicted octanol–water partition coefficient (Wildman–Crippen LogP) is 2.25. The number of nitrogens with one attached hydrogen (secondary N) is 1. The standard InChI is InChI=1S/C14H19NO2S/c1-2-17-9-5-8-15-14(16)13-10-11-6-3-4-7-12(11)18-13/h3-4,6-7,13H,2,5,8-10H2,1H3,(H,15,16). The van der Waals surface area contributed by atoms with Gasteiger partial charge in [0.05, 0.1) is 5.25 Å². The average molecular weight is 265 g/mol. The van der Waals surface area contributed by atoms with Gasteiger partial charge in [-0.05, 0) is 31.4 Å². The van der Waals surface area contributed by atoms with Crippen LogP contribution in [-0.4, -0.2) is 30.9 Å². The number of fused-ring (bicyclic) bond motifs is 1. The Balaban J connectivity index is 1.72. The van der Waals surface area contributed by atoms with Crippen LogP contribution in [0.15, 0.2) is 29.2 Å². The molecule has 0 aliphatic carbocycles. The molecule has 0 saturated carbocycles. The van der Waals surface area contributed by atoms with Crippen LogP contribution in [0.25, 0.3) is 0 Å². The van der Waals surface area contributed by atoms with E-state index in [9.17, 15) is 4.79 Å². The van der Waals surface area contributed by atoms with Crippen molar-refractivity contribution in [3.8, 4) is 0 Å². The van der Waals surface area contributed by atoms with Crippen molar-refractivity contribution in [2.75, 3.05) is 19.8 Å². The second-order valence-corrected chi connectivity index (χ2v) is 5.50. The molecule has 0 bridgehead atoms. The summed E-state index contributed by atoms with van der Waals surface area (Å²) in [5, 5.41) is 3.02. The molecule has 1 aliphatic heterocycles. The van der Waals surface area contributed by atoms with E-state index in [-0.39, 0.29) is 11.2 Å². The molecule has 1 N–H and O–H groups in total. The number of hydrogen-bond donors (Lipinski definition) is 1. The van der Waals surface area contributed by atoms with Crippen LogP contribution in [0.5, 0.6) is 0 Å². The zero-order valence-electron chi connectivity index (χ0n) is 10.6. The fourth-order valence-electron chi connectivity index (χ4n) is 1.97. The van der Waals surface area contributed by atoms with Gasteiger partial charge in [-0.15, -0.1) is 11.8 Å². The molecule has 1 aliphatic rings. The van der Waals surface area contributed by atoms with Gasteiger partial charge in [0.1, 0.15) is 0 Å². The van der Waals surface area contributed by atoms with E-state index in [1.165, 1.54) is 10.5 Å². The monoisotopic (exact) mass is 265 g/mol. The van der Waals surface area contributed by atoms with Crippen LogP contribution in [0, 0.1) is 0 Å². The molecule has 4 heteroatoms. The molecular formula is C14H19NO2S. The topological polar surface area (TPSA) is 38.3 Å². The van der Waals surface area contributed by atoms with Gasteiger partial charge < -0.3 is 10.1 Å². The van der Waals surface area contributed by atoms with Gasteiger partial charge in [0, 0.05) is 24.7 Å². The van der Waals surface area contributed by atoms with Crippen molar-refractivity contribution < 1.29 is 9.53 Å². The lowest BCUT2D eigenvalue weighted by Gasteiger charge is -2.09. The summed E-state index contributed by atoms with van der Waals surface area (Å²) < 4.78 is 5.23. The minimum absolute atomic E-state index is 0.0366. The van der Waals surface area contributed by atoms with Crippen LogP contribution < -0.4 is 5.32 Å². The number of benzene rings is 1. The Morgan fingerprint density at radius 2 is 2.33 bits per heavy atom. The summed E-state index contributed by atoms with van der Waals surface area (Å²) in [5.41, 5.74) is 1.29. The van der Waals surface area contributed by atoms with E-state index in [4.69, 9.17) is 4.74 Å². The third-order valence-electron chi connectivity index (χ3n) is 2.91. The van der Waals surface area contributed by atoms with Crippen molar-refractivity contribution in [2.45, 2.75) is 29.9 Å². The van der Waals surface area contributed by atoms with Crippen molar-refractivity contribution in [3.63, 3.8) is 0 Å². The summed E-state index contributed by atoms with van der Waals surface area (Å²) in [6, 6.07) is 8.24. The lowest BCUT2D eigenvalue weighted by Crippen LogP contribution is -2.33. The average Bonchev–Trinajstić information content (AvgIpc) is 2.82. The minimum atomic E-state index is 0.0366. The second kappa shape index (κ2) is 6.81. The van der Waals surface area contributed by atoms with Gasteiger partial charge in [-0.3, -0.25) is 4.79 Å². The van der Waals surface area contributed by atoms with Gasteiger partial charge in [0.25, 0.3) is 0 Å². The number of carbonyl (C=O) groups is 1. The maximum absolute atomic E-state index is 12.0. The second-order valence-electron chi connectivity index (χ2n) is 4.26. The van der Waals surface area contributed by atoms with Crippen molar-refractivity contribution in [1.29, 1.82) is 0 Å². The molecule has 0 saturated heterocycles. The molecule has 1 atom stereocenters. The first-order valence-electron chi connectivity index (χ1n) is 6.41. The molecule has 1 amide bonds. The van der Waals surface area contributed by atoms with E-state index in [0.29, 0.717) is 6.54 Å². The number of thioether (sulfide) groups is 1. The predicted molar refractivity (Wildman–Crippen MR) is 73.9 cm³/mol. The molecule has 3 nitrogen and oxygen atoms in total. The SMILES string of the molecule is CCOCCCNC(=O)C1Cc2ccccc2S1. The normalized spacial score (nSPS) is 17.5. The van der Waals surface area contributed by atoms with Crippen LogP contribution in [0.1, 0.15) is 18.9 Å². The molecule has 1 aromatic rings. The lowest BCUT2D eigenvalue weighted by atomic mass is 10.1. The summed E-state index contributed by atoms with van der Waals surface area (Å²) in [7, 11) is 0. The Kier molecular flexibility index (Phi) is 5.08. The number of hydrogen-bond acceptors (Lipinski definition) is 3. The fraction of sp³-hybridized carbons (Fsp3) is 0.500. The van der Waals surface area contributed by atoms with Crippen LogP contribution in [0.3, 0.4) is 0 Å². The van der Waals surface area contributed by atoms with Crippen molar-refractivity contribution in [1.82, 2.24) is 5.32 Å². The first-order chi connectivity index (χ1) is 8.81. The van der Waals surface area contributed by atoms with E-state index in [1.807, 2.05) is 19.1 Å². The van der Waals surface area contributed by atoms with Crippen molar-refractivity contribution in [3.05, 3.63) is 29.8 Å². The summed E-state index contributed by atoms with van der Waals surface area (Å²) >= 11 is 1.67. The highest BCUT2D eigenvalue weighted by atomic mass is 32.2. The highest BCUT2D eigenvalue weighted by Crippen LogP contribution is 2.36. The summed E-state index contributed by atoms with van der Waals surface area (Å²) in [6.07, 6.45) is 1.72. The molecule has 2 rings (SSSR count). The van der Waals surface area contributed by atoms with Gasteiger partial charge >= 0.3 is 0 Å². The Morgan fingerprint density at radius 3 is 3.11 bits per heavy atom. The Labute approximate surface area is 112 Å². The summed E-state index contributed by atoms with van der Waals surface area (Å²) in [6.45, 7) is 4.13. The molecule has 1 unspecified atom stereocenters. The van der Waals surface area contributed by atoms with Crippen LogP contribution >= 0.6 is 11.8 Å². The first kappa shape index (κ1) is 13.4. The van der Waals surface area contributed by atoms with Crippen LogP contribution in [0.2, 0.25) is 0 Å². The molecule has 0 aromatic heterocycles. The molecule has 98 valence electrons. The Bertz CT molecular complexity index is 384. The van der Waals surface area contributed by atoms with Gasteiger partial charge in [-0.2, -0.15) is 0 Å². The number of rotatable bonds is 6. The van der Waals surface area contributed by atoms with Gasteiger partial charge in [0.2, 0.25) is 5.91 Å². The lowest BCUT2D eigenvalue weighted by molar-refractivity contribution is -0.120. The van der Waals surface area contributed by atoms with E-state index >= 15 is 0 Å². The molecular weight excluding hydrogens is 246 g/mol. The minimum Gasteiger partial charge on any atom is -0.382 e. The number of ether oxygens (including phenoxy) is 1. The summed E-state index contributed by atoms with van der Waals surface area (Å²) in [5.74, 6) is 0.146. The Morgan fingerprint density at radius 1 is 1.50 bits per heavy atom. The highest BCUT2D eigenvalue weighted by molar-refractivity contribution is 8.01. The molecule has 1 heterocycles. The smallest absolute Gasteiger partial charge is 0.233 e. The Hall–Kier alpha value is -1.00. The first-order valence-corrected chi connectivity index (χ1v) is 7.29.